The van der Waals surface area contributed by atoms with Gasteiger partial charge in [0.05, 0.1) is 31.7 Å². The molecule has 6 heteroatoms. The van der Waals surface area contributed by atoms with Crippen LogP contribution in [0.2, 0.25) is 0 Å². The van der Waals surface area contributed by atoms with Crippen molar-refractivity contribution >= 4 is 11.8 Å². The topological polar surface area (TPSA) is 50.4 Å². The van der Waals surface area contributed by atoms with Crippen molar-refractivity contribution < 1.29 is 9.47 Å². The van der Waals surface area contributed by atoms with Crippen molar-refractivity contribution in [3.8, 4) is 28.3 Å². The molecule has 3 aromatic rings. The van der Waals surface area contributed by atoms with Crippen LogP contribution in [0.25, 0.3) is 22.5 Å². The molecule has 1 saturated heterocycles. The monoisotopic (exact) mass is 395 g/mol. The van der Waals surface area contributed by atoms with Crippen molar-refractivity contribution in [2.24, 2.45) is 0 Å². The molecule has 5 nitrogen and oxygen atoms in total. The maximum absolute atomic E-state index is 5.42. The van der Waals surface area contributed by atoms with Crippen molar-refractivity contribution in [2.75, 3.05) is 45.7 Å². The molecule has 0 bridgehead atoms. The number of ether oxygens (including phenoxy) is 2. The molecule has 1 fully saturated rings. The van der Waals surface area contributed by atoms with Crippen LogP contribution < -0.4 is 4.74 Å². The lowest BCUT2D eigenvalue weighted by molar-refractivity contribution is 0.0410. The fourth-order valence-electron chi connectivity index (χ4n) is 3.29. The largest absolute Gasteiger partial charge is 0.497 e. The summed E-state index contributed by atoms with van der Waals surface area (Å²) in [4.78, 5) is 10.9. The fraction of sp³-hybridized carbons (Fsp3) is 0.318. The molecule has 0 amide bonds. The second-order valence-corrected chi connectivity index (χ2v) is 7.75. The summed E-state index contributed by atoms with van der Waals surface area (Å²) in [6, 6.07) is 18.4. The molecular weight excluding hydrogens is 370 g/mol. The van der Waals surface area contributed by atoms with Gasteiger partial charge in [0.2, 0.25) is 0 Å². The van der Waals surface area contributed by atoms with Gasteiger partial charge in [0, 0.05) is 36.5 Å². The van der Waals surface area contributed by atoms with Crippen LogP contribution >= 0.6 is 11.8 Å². The van der Waals surface area contributed by atoms with Gasteiger partial charge in [-0.3, -0.25) is 4.90 Å². The summed E-state index contributed by atoms with van der Waals surface area (Å²) in [6.45, 7) is 4.76. The molecule has 2 heterocycles. The van der Waals surface area contributed by atoms with Crippen LogP contribution in [0.1, 0.15) is 0 Å². The maximum Gasteiger partial charge on any atom is 0.166 e. The number of hydrogen-bond donors (Lipinski definition) is 1. The van der Waals surface area contributed by atoms with Crippen LogP contribution in [0, 0.1) is 0 Å². The third-order valence-corrected chi connectivity index (χ3v) is 5.71. The number of hydrogen-bond acceptors (Lipinski definition) is 5. The van der Waals surface area contributed by atoms with Gasteiger partial charge in [-0.05, 0) is 24.3 Å². The average molecular weight is 396 g/mol. The molecule has 0 radical (unpaired) electrons. The third-order valence-electron chi connectivity index (χ3n) is 4.86. The zero-order valence-electron chi connectivity index (χ0n) is 16.1. The molecule has 1 aliphatic heterocycles. The van der Waals surface area contributed by atoms with E-state index < -0.39 is 0 Å². The van der Waals surface area contributed by atoms with E-state index in [0.717, 1.165) is 72.0 Å². The van der Waals surface area contributed by atoms with Crippen molar-refractivity contribution in [2.45, 2.75) is 5.16 Å². The quantitative estimate of drug-likeness (QED) is 0.608. The van der Waals surface area contributed by atoms with Gasteiger partial charge in [-0.2, -0.15) is 0 Å². The zero-order chi connectivity index (χ0) is 19.2. The van der Waals surface area contributed by atoms with Crippen LogP contribution in [-0.2, 0) is 4.74 Å². The molecule has 146 valence electrons. The standard InChI is InChI=1S/C22H25N3O2S/c1-26-19-9-7-18(8-10-19)21-20(17-5-3-2-4-6-17)23-22(24-21)28-16-13-25-11-14-27-15-12-25/h2-10H,11-16H2,1H3,(H,23,24). The SMILES string of the molecule is COc1ccc(-c2[nH]c(SCCN3CCOCC3)nc2-c2ccccc2)cc1. The molecule has 28 heavy (non-hydrogen) atoms. The van der Waals surface area contributed by atoms with Crippen molar-refractivity contribution in [1.29, 1.82) is 0 Å². The van der Waals surface area contributed by atoms with Crippen molar-refractivity contribution in [3.63, 3.8) is 0 Å². The van der Waals surface area contributed by atoms with Crippen LogP contribution in [0.15, 0.2) is 59.8 Å². The third kappa shape index (κ3) is 4.58. The molecule has 0 unspecified atom stereocenters. The number of aromatic nitrogens is 2. The Labute approximate surface area is 170 Å². The molecule has 0 atom stereocenters. The maximum atomic E-state index is 5.42. The molecule has 0 saturated carbocycles. The van der Waals surface area contributed by atoms with Gasteiger partial charge in [0.25, 0.3) is 0 Å². The minimum absolute atomic E-state index is 0.838. The van der Waals surface area contributed by atoms with Crippen molar-refractivity contribution in [3.05, 3.63) is 54.6 Å². The summed E-state index contributed by atoms with van der Waals surface area (Å²) in [5.74, 6) is 1.86. The smallest absolute Gasteiger partial charge is 0.166 e. The Morgan fingerprint density at radius 2 is 1.79 bits per heavy atom. The van der Waals surface area contributed by atoms with Crippen LogP contribution in [-0.4, -0.2) is 60.6 Å². The lowest BCUT2D eigenvalue weighted by Gasteiger charge is -2.26. The van der Waals surface area contributed by atoms with Gasteiger partial charge in [-0.15, -0.1) is 0 Å². The van der Waals surface area contributed by atoms with E-state index in [2.05, 4.69) is 34.1 Å². The van der Waals surface area contributed by atoms with Gasteiger partial charge >= 0.3 is 0 Å². The molecule has 1 N–H and O–H groups in total. The minimum Gasteiger partial charge on any atom is -0.497 e. The van der Waals surface area contributed by atoms with Gasteiger partial charge in [-0.1, -0.05) is 42.1 Å². The highest BCUT2D eigenvalue weighted by molar-refractivity contribution is 7.99. The summed E-state index contributed by atoms with van der Waals surface area (Å²) in [6.07, 6.45) is 0. The molecule has 0 aliphatic carbocycles. The lowest BCUT2D eigenvalue weighted by atomic mass is 10.1. The lowest BCUT2D eigenvalue weighted by Crippen LogP contribution is -2.37. The Bertz CT molecular complexity index is 875. The van der Waals surface area contributed by atoms with E-state index in [4.69, 9.17) is 14.5 Å². The first kappa shape index (κ1) is 19.1. The van der Waals surface area contributed by atoms with E-state index in [-0.39, 0.29) is 0 Å². The first-order chi connectivity index (χ1) is 13.8. The summed E-state index contributed by atoms with van der Waals surface area (Å²) in [5, 5.41) is 0.956. The van der Waals surface area contributed by atoms with E-state index in [1.54, 1.807) is 18.9 Å². The molecule has 1 aromatic heterocycles. The first-order valence-electron chi connectivity index (χ1n) is 9.56. The highest BCUT2D eigenvalue weighted by Crippen LogP contribution is 2.33. The summed E-state index contributed by atoms with van der Waals surface area (Å²) in [5.41, 5.74) is 4.25. The molecular formula is C22H25N3O2S. The molecule has 1 aliphatic rings. The number of nitrogens with zero attached hydrogens (tertiary/aromatic N) is 2. The number of morpholine rings is 1. The number of imidazole rings is 1. The number of nitrogens with one attached hydrogen (secondary N) is 1. The highest BCUT2D eigenvalue weighted by Gasteiger charge is 2.15. The number of H-pyrrole nitrogens is 1. The van der Waals surface area contributed by atoms with Gasteiger partial charge in [-0.25, -0.2) is 4.98 Å². The second-order valence-electron chi connectivity index (χ2n) is 6.66. The van der Waals surface area contributed by atoms with Gasteiger partial charge in [0.1, 0.15) is 5.75 Å². The van der Waals surface area contributed by atoms with E-state index in [1.165, 1.54) is 0 Å². The highest BCUT2D eigenvalue weighted by atomic mass is 32.2. The van der Waals surface area contributed by atoms with E-state index in [9.17, 15) is 0 Å². The Kier molecular flexibility index (Phi) is 6.31. The molecule has 4 rings (SSSR count). The number of thioether (sulfide) groups is 1. The Balaban J connectivity index is 1.55. The Morgan fingerprint density at radius 3 is 2.50 bits per heavy atom. The Hall–Kier alpha value is -2.28. The number of rotatable bonds is 7. The van der Waals surface area contributed by atoms with Crippen LogP contribution in [0.4, 0.5) is 0 Å². The van der Waals surface area contributed by atoms with E-state index in [0.29, 0.717) is 0 Å². The normalized spacial score (nSPS) is 14.9. The predicted molar refractivity (Wildman–Crippen MR) is 114 cm³/mol. The van der Waals surface area contributed by atoms with Crippen molar-refractivity contribution in [1.82, 2.24) is 14.9 Å². The van der Waals surface area contributed by atoms with E-state index in [1.807, 2.05) is 30.3 Å². The van der Waals surface area contributed by atoms with Gasteiger partial charge in [0.15, 0.2) is 5.16 Å². The van der Waals surface area contributed by atoms with Gasteiger partial charge < -0.3 is 14.5 Å². The first-order valence-corrected chi connectivity index (χ1v) is 10.5. The molecule has 2 aromatic carbocycles. The number of benzene rings is 2. The summed E-state index contributed by atoms with van der Waals surface area (Å²) in [7, 11) is 1.68. The number of aromatic amines is 1. The van der Waals surface area contributed by atoms with Crippen LogP contribution in [0.5, 0.6) is 5.75 Å². The zero-order valence-corrected chi connectivity index (χ0v) is 16.9. The number of methoxy groups -OCH3 is 1. The fourth-order valence-corrected chi connectivity index (χ4v) is 4.16. The Morgan fingerprint density at radius 1 is 1.04 bits per heavy atom. The average Bonchev–Trinajstić information content (AvgIpc) is 3.19. The summed E-state index contributed by atoms with van der Waals surface area (Å²) < 4.78 is 10.7. The molecule has 0 spiro atoms. The summed E-state index contributed by atoms with van der Waals surface area (Å²) >= 11 is 1.77. The second kappa shape index (κ2) is 9.28. The predicted octanol–water partition coefficient (Wildman–Crippen LogP) is 4.18. The minimum atomic E-state index is 0.838. The van der Waals surface area contributed by atoms with E-state index >= 15 is 0 Å². The van der Waals surface area contributed by atoms with Crippen LogP contribution in [0.3, 0.4) is 0 Å².